The minimum Gasteiger partial charge on any atom is -0.467 e. The number of furan rings is 1. The lowest BCUT2D eigenvalue weighted by molar-refractivity contribution is 0.440. The number of rotatable bonds is 6. The van der Waals surface area contributed by atoms with E-state index in [1.165, 1.54) is 24.8 Å². The maximum Gasteiger partial charge on any atom is 0.125 e. The lowest BCUT2D eigenvalue weighted by Gasteiger charge is -2.17. The van der Waals surface area contributed by atoms with Crippen molar-refractivity contribution in [3.8, 4) is 0 Å². The van der Waals surface area contributed by atoms with Crippen molar-refractivity contribution in [2.45, 2.75) is 25.3 Å². The van der Waals surface area contributed by atoms with Crippen LogP contribution in [0.2, 0.25) is 0 Å². The molecule has 18 heavy (non-hydrogen) atoms. The molecule has 0 amide bonds. The van der Waals surface area contributed by atoms with Gasteiger partial charge in [0, 0.05) is 0 Å². The predicted molar refractivity (Wildman–Crippen MR) is 72.3 cm³/mol. The van der Waals surface area contributed by atoms with Crippen LogP contribution in [-0.4, -0.2) is 6.54 Å². The highest BCUT2D eigenvalue weighted by atomic mass is 16.3. The first kappa shape index (κ1) is 11.5. The monoisotopic (exact) mass is 241 g/mol. The predicted octanol–water partition coefficient (Wildman–Crippen LogP) is 3.76. The van der Waals surface area contributed by atoms with Gasteiger partial charge in [0.05, 0.1) is 12.3 Å². The van der Waals surface area contributed by atoms with Crippen molar-refractivity contribution in [2.24, 2.45) is 5.92 Å². The molecule has 0 radical (unpaired) electrons. The van der Waals surface area contributed by atoms with Crippen LogP contribution in [0.5, 0.6) is 0 Å². The molecule has 0 bridgehead atoms. The Morgan fingerprint density at radius 3 is 2.61 bits per heavy atom. The fraction of sp³-hybridized carbons (Fsp3) is 0.375. The van der Waals surface area contributed by atoms with E-state index in [0.717, 1.165) is 18.2 Å². The van der Waals surface area contributed by atoms with Gasteiger partial charge in [-0.15, -0.1) is 0 Å². The van der Waals surface area contributed by atoms with Gasteiger partial charge in [-0.2, -0.15) is 0 Å². The van der Waals surface area contributed by atoms with Gasteiger partial charge in [0.15, 0.2) is 0 Å². The SMILES string of the molecule is c1ccc(C(NCCC2CC2)c2ccco2)cc1. The number of hydrogen-bond donors (Lipinski definition) is 1. The maximum absolute atomic E-state index is 5.56. The Balaban J connectivity index is 1.71. The van der Waals surface area contributed by atoms with Gasteiger partial charge in [-0.25, -0.2) is 0 Å². The summed E-state index contributed by atoms with van der Waals surface area (Å²) >= 11 is 0. The second-order valence-corrected chi connectivity index (χ2v) is 5.05. The van der Waals surface area contributed by atoms with Gasteiger partial charge in [-0.1, -0.05) is 43.2 Å². The van der Waals surface area contributed by atoms with E-state index in [2.05, 4.69) is 29.6 Å². The van der Waals surface area contributed by atoms with Crippen molar-refractivity contribution in [3.63, 3.8) is 0 Å². The van der Waals surface area contributed by atoms with E-state index in [0.29, 0.717) is 0 Å². The summed E-state index contributed by atoms with van der Waals surface area (Å²) in [5.41, 5.74) is 1.27. The summed E-state index contributed by atoms with van der Waals surface area (Å²) in [5.74, 6) is 1.96. The first-order chi connectivity index (χ1) is 8.93. The Hall–Kier alpha value is -1.54. The normalized spacial score (nSPS) is 16.7. The summed E-state index contributed by atoms with van der Waals surface area (Å²) in [4.78, 5) is 0. The second-order valence-electron chi connectivity index (χ2n) is 5.05. The van der Waals surface area contributed by atoms with Gasteiger partial charge in [0.25, 0.3) is 0 Å². The largest absolute Gasteiger partial charge is 0.467 e. The Labute approximate surface area is 108 Å². The highest BCUT2D eigenvalue weighted by Gasteiger charge is 2.22. The highest BCUT2D eigenvalue weighted by Crippen LogP contribution is 2.32. The zero-order valence-corrected chi connectivity index (χ0v) is 10.5. The van der Waals surface area contributed by atoms with Gasteiger partial charge >= 0.3 is 0 Å². The summed E-state index contributed by atoms with van der Waals surface area (Å²) in [5, 5.41) is 3.62. The third-order valence-corrected chi connectivity index (χ3v) is 3.56. The van der Waals surface area contributed by atoms with Crippen molar-refractivity contribution >= 4 is 0 Å². The molecule has 0 spiro atoms. The lowest BCUT2D eigenvalue weighted by atomic mass is 10.0. The van der Waals surface area contributed by atoms with Crippen LogP contribution in [0.4, 0.5) is 0 Å². The van der Waals surface area contributed by atoms with Crippen LogP contribution < -0.4 is 5.32 Å². The van der Waals surface area contributed by atoms with Crippen molar-refractivity contribution in [1.82, 2.24) is 5.32 Å². The molecule has 0 aliphatic heterocycles. The van der Waals surface area contributed by atoms with E-state index in [1.54, 1.807) is 6.26 Å². The van der Waals surface area contributed by atoms with E-state index in [-0.39, 0.29) is 6.04 Å². The average molecular weight is 241 g/mol. The number of benzene rings is 1. The molecule has 94 valence electrons. The Kier molecular flexibility index (Phi) is 3.47. The van der Waals surface area contributed by atoms with Crippen LogP contribution in [-0.2, 0) is 0 Å². The molecular formula is C16H19NO. The summed E-state index contributed by atoms with van der Waals surface area (Å²) in [6.45, 7) is 1.06. The maximum atomic E-state index is 5.56. The zero-order valence-electron chi connectivity index (χ0n) is 10.5. The molecule has 2 heteroatoms. The molecule has 0 saturated heterocycles. The van der Waals surface area contributed by atoms with E-state index >= 15 is 0 Å². The molecule has 3 rings (SSSR count). The standard InChI is InChI=1S/C16H19NO/c1-2-5-14(6-3-1)16(15-7-4-12-18-15)17-11-10-13-8-9-13/h1-7,12-13,16-17H,8-11H2. The summed E-state index contributed by atoms with van der Waals surface area (Å²) < 4.78 is 5.56. The quantitative estimate of drug-likeness (QED) is 0.833. The molecule has 1 heterocycles. The van der Waals surface area contributed by atoms with E-state index in [9.17, 15) is 0 Å². The van der Waals surface area contributed by atoms with Gasteiger partial charge < -0.3 is 9.73 Å². The van der Waals surface area contributed by atoms with Crippen LogP contribution in [0.3, 0.4) is 0 Å². The molecule has 1 aliphatic carbocycles. The van der Waals surface area contributed by atoms with Crippen LogP contribution in [0, 0.1) is 5.92 Å². The molecule has 1 aromatic heterocycles. The molecule has 1 saturated carbocycles. The van der Waals surface area contributed by atoms with Crippen molar-refractivity contribution < 1.29 is 4.42 Å². The van der Waals surface area contributed by atoms with Crippen LogP contribution in [0.25, 0.3) is 0 Å². The Bertz CT molecular complexity index is 459. The van der Waals surface area contributed by atoms with Gasteiger partial charge in [-0.3, -0.25) is 0 Å². The zero-order chi connectivity index (χ0) is 12.2. The van der Waals surface area contributed by atoms with Crippen LogP contribution in [0.15, 0.2) is 53.1 Å². The van der Waals surface area contributed by atoms with Crippen molar-refractivity contribution in [1.29, 1.82) is 0 Å². The van der Waals surface area contributed by atoms with Crippen LogP contribution in [0.1, 0.15) is 36.6 Å². The van der Waals surface area contributed by atoms with Gasteiger partial charge in [0.1, 0.15) is 5.76 Å². The average Bonchev–Trinajstić information content (AvgIpc) is 3.08. The topological polar surface area (TPSA) is 25.2 Å². The molecule has 2 nitrogen and oxygen atoms in total. The van der Waals surface area contributed by atoms with Crippen molar-refractivity contribution in [3.05, 3.63) is 60.1 Å². The molecular weight excluding hydrogens is 222 g/mol. The van der Waals surface area contributed by atoms with Gasteiger partial charge in [-0.05, 0) is 36.6 Å². The molecule has 2 aromatic rings. The van der Waals surface area contributed by atoms with E-state index < -0.39 is 0 Å². The van der Waals surface area contributed by atoms with Crippen LogP contribution >= 0.6 is 0 Å². The second kappa shape index (κ2) is 5.40. The smallest absolute Gasteiger partial charge is 0.125 e. The summed E-state index contributed by atoms with van der Waals surface area (Å²) in [6, 6.07) is 14.7. The molecule has 1 atom stereocenters. The summed E-state index contributed by atoms with van der Waals surface area (Å²) in [6.07, 6.45) is 5.86. The molecule has 1 aromatic carbocycles. The Morgan fingerprint density at radius 1 is 1.11 bits per heavy atom. The first-order valence-corrected chi connectivity index (χ1v) is 6.75. The molecule has 1 N–H and O–H groups in total. The van der Waals surface area contributed by atoms with Crippen molar-refractivity contribution in [2.75, 3.05) is 6.54 Å². The minimum atomic E-state index is 0.181. The van der Waals surface area contributed by atoms with E-state index in [1.807, 2.05) is 18.2 Å². The lowest BCUT2D eigenvalue weighted by Crippen LogP contribution is -2.23. The fourth-order valence-corrected chi connectivity index (χ4v) is 2.32. The molecule has 1 fully saturated rings. The third-order valence-electron chi connectivity index (χ3n) is 3.56. The number of hydrogen-bond acceptors (Lipinski definition) is 2. The minimum absolute atomic E-state index is 0.181. The highest BCUT2D eigenvalue weighted by molar-refractivity contribution is 5.26. The fourth-order valence-electron chi connectivity index (χ4n) is 2.32. The first-order valence-electron chi connectivity index (χ1n) is 6.75. The number of nitrogens with one attached hydrogen (secondary N) is 1. The molecule has 1 unspecified atom stereocenters. The van der Waals surface area contributed by atoms with Gasteiger partial charge in [0.2, 0.25) is 0 Å². The van der Waals surface area contributed by atoms with E-state index in [4.69, 9.17) is 4.42 Å². The third kappa shape index (κ3) is 2.82. The Morgan fingerprint density at radius 2 is 1.94 bits per heavy atom. The molecule has 1 aliphatic rings. The summed E-state index contributed by atoms with van der Waals surface area (Å²) in [7, 11) is 0.